The minimum atomic E-state index is -0.658. The first-order valence-corrected chi connectivity index (χ1v) is 13.5. The van der Waals surface area contributed by atoms with Crippen LogP contribution >= 0.6 is 0 Å². The number of hydrogen-bond acceptors (Lipinski definition) is 9. The zero-order valence-corrected chi connectivity index (χ0v) is 24.0. The summed E-state index contributed by atoms with van der Waals surface area (Å²) in [6.07, 6.45) is 2.83. The Labute approximate surface area is 256 Å². The van der Waals surface area contributed by atoms with Crippen LogP contribution in [0, 0.1) is 0 Å². The van der Waals surface area contributed by atoms with Gasteiger partial charge in [-0.2, -0.15) is 10.2 Å². The molecule has 2 aromatic carbocycles. The zero-order valence-electron chi connectivity index (χ0n) is 24.0. The van der Waals surface area contributed by atoms with Crippen LogP contribution in [0.1, 0.15) is 67.2 Å². The topological polar surface area (TPSA) is 181 Å². The molecule has 0 atom stereocenters. The summed E-state index contributed by atoms with van der Waals surface area (Å²) < 4.78 is 15.5. The average molecular weight is 607 g/mol. The van der Waals surface area contributed by atoms with Gasteiger partial charge in [0.1, 0.15) is 0 Å². The highest BCUT2D eigenvalue weighted by Gasteiger charge is 2.16. The van der Waals surface area contributed by atoms with Crippen molar-refractivity contribution in [1.29, 1.82) is 0 Å². The number of rotatable bonds is 10. The van der Waals surface area contributed by atoms with E-state index in [4.69, 9.17) is 13.3 Å². The molecule has 0 aliphatic carbocycles. The molecule has 0 aliphatic rings. The quantitative estimate of drug-likeness (QED) is 0.123. The van der Waals surface area contributed by atoms with E-state index in [0.717, 1.165) is 0 Å². The first-order chi connectivity index (χ1) is 21.8. The van der Waals surface area contributed by atoms with Gasteiger partial charge in [0, 0.05) is 11.4 Å². The number of hydrogen-bond donors (Lipinski definition) is 4. The average Bonchev–Trinajstić information content (AvgIpc) is 3.86. The highest BCUT2D eigenvalue weighted by molar-refractivity contribution is 6.05. The van der Waals surface area contributed by atoms with Gasteiger partial charge in [-0.25, -0.2) is 10.9 Å². The van der Waals surface area contributed by atoms with Gasteiger partial charge in [0.05, 0.1) is 23.9 Å². The van der Waals surface area contributed by atoms with E-state index in [1.165, 1.54) is 24.7 Å². The Morgan fingerprint density at radius 3 is 1.27 bits per heavy atom. The van der Waals surface area contributed by atoms with Crippen molar-refractivity contribution in [3.05, 3.63) is 132 Å². The van der Waals surface area contributed by atoms with Crippen LogP contribution in [-0.4, -0.2) is 35.1 Å². The maximum Gasteiger partial charge on any atom is 0.307 e. The van der Waals surface area contributed by atoms with Crippen LogP contribution in [0.15, 0.2) is 121 Å². The van der Waals surface area contributed by atoms with Crippen LogP contribution in [0.5, 0.6) is 0 Å². The standard InChI is InChI=1S/C32H26N6O7/c1-19(21-7-11-23(12-8-21)33-29(39)25-5-3-17-43-25)35-37-31(41)27-15-16-28(45-27)32(42)38-36-20(2)22-9-13-24(14-10-22)34-30(40)26-6-4-18-44-26/h3-18H,1-2H3,(H,33,39)(H,34,40)(H,37,41)(H,38,42). The fourth-order valence-electron chi connectivity index (χ4n) is 3.88. The van der Waals surface area contributed by atoms with Crippen molar-refractivity contribution in [1.82, 2.24) is 10.9 Å². The smallest absolute Gasteiger partial charge is 0.307 e. The molecule has 0 aliphatic heterocycles. The lowest BCUT2D eigenvalue weighted by Gasteiger charge is -2.06. The second-order valence-electron chi connectivity index (χ2n) is 9.46. The number of furan rings is 3. The Morgan fingerprint density at radius 1 is 0.511 bits per heavy atom. The predicted octanol–water partition coefficient (Wildman–Crippen LogP) is 5.28. The summed E-state index contributed by atoms with van der Waals surface area (Å²) in [4.78, 5) is 49.3. The molecule has 4 N–H and O–H groups in total. The fourth-order valence-corrected chi connectivity index (χ4v) is 3.88. The first-order valence-electron chi connectivity index (χ1n) is 13.5. The lowest BCUT2D eigenvalue weighted by molar-refractivity contribution is 0.0900. The van der Waals surface area contributed by atoms with E-state index in [0.29, 0.717) is 33.9 Å². The molecule has 0 saturated heterocycles. The van der Waals surface area contributed by atoms with E-state index in [2.05, 4.69) is 31.7 Å². The van der Waals surface area contributed by atoms with Crippen LogP contribution in [0.3, 0.4) is 0 Å². The summed E-state index contributed by atoms with van der Waals surface area (Å²) in [6, 6.07) is 22.7. The molecular formula is C32H26N6O7. The largest absolute Gasteiger partial charge is 0.459 e. The fraction of sp³-hybridized carbons (Fsp3) is 0.0625. The number of carbonyl (C=O) groups excluding carboxylic acids is 4. The zero-order chi connectivity index (χ0) is 31.8. The van der Waals surface area contributed by atoms with E-state index in [1.54, 1.807) is 86.6 Å². The van der Waals surface area contributed by atoms with Gasteiger partial charge in [-0.3, -0.25) is 19.2 Å². The Bertz CT molecular complexity index is 1730. The number of nitrogens with zero attached hydrogens (tertiary/aromatic N) is 2. The van der Waals surface area contributed by atoms with Crippen molar-refractivity contribution in [2.45, 2.75) is 13.8 Å². The molecule has 13 heteroatoms. The summed E-state index contributed by atoms with van der Waals surface area (Å²) in [5.41, 5.74) is 8.29. The third kappa shape index (κ3) is 7.67. The van der Waals surface area contributed by atoms with Gasteiger partial charge >= 0.3 is 11.8 Å². The minimum Gasteiger partial charge on any atom is -0.459 e. The van der Waals surface area contributed by atoms with Gasteiger partial charge < -0.3 is 23.9 Å². The second kappa shape index (κ2) is 13.6. The highest BCUT2D eigenvalue weighted by Crippen LogP contribution is 2.15. The maximum atomic E-state index is 12.6. The number of benzene rings is 2. The van der Waals surface area contributed by atoms with E-state index in [1.807, 2.05) is 0 Å². The van der Waals surface area contributed by atoms with Crippen LogP contribution in [-0.2, 0) is 0 Å². The van der Waals surface area contributed by atoms with Gasteiger partial charge in [-0.15, -0.1) is 0 Å². The third-order valence-electron chi connectivity index (χ3n) is 6.31. The highest BCUT2D eigenvalue weighted by atomic mass is 16.4. The Hall–Kier alpha value is -6.50. The molecule has 5 rings (SSSR count). The molecule has 5 aromatic rings. The predicted molar refractivity (Wildman–Crippen MR) is 164 cm³/mol. The maximum absolute atomic E-state index is 12.6. The van der Waals surface area contributed by atoms with Gasteiger partial charge in [0.15, 0.2) is 23.0 Å². The van der Waals surface area contributed by atoms with Gasteiger partial charge in [0.2, 0.25) is 0 Å². The molecule has 0 radical (unpaired) electrons. The Morgan fingerprint density at radius 2 is 0.911 bits per heavy atom. The summed E-state index contributed by atoms with van der Waals surface area (Å²) in [6.45, 7) is 3.39. The molecule has 0 bridgehead atoms. The van der Waals surface area contributed by atoms with Crippen LogP contribution in [0.2, 0.25) is 0 Å². The molecular weight excluding hydrogens is 580 g/mol. The van der Waals surface area contributed by atoms with Gasteiger partial charge in [-0.05, 0) is 85.6 Å². The SMILES string of the molecule is CC(=NNC(=O)c1ccc(C(=O)NN=C(C)c2ccc(NC(=O)c3ccco3)cc2)o1)c1ccc(NC(=O)c2ccco2)cc1. The second-order valence-corrected chi connectivity index (χ2v) is 9.46. The van der Waals surface area contributed by atoms with E-state index in [-0.39, 0.29) is 34.9 Å². The lowest BCUT2D eigenvalue weighted by atomic mass is 10.1. The molecule has 226 valence electrons. The number of amides is 4. The Balaban J connectivity index is 1.11. The minimum absolute atomic E-state index is 0.124. The number of hydrazone groups is 2. The van der Waals surface area contributed by atoms with E-state index >= 15 is 0 Å². The molecule has 13 nitrogen and oxygen atoms in total. The van der Waals surface area contributed by atoms with Crippen molar-refractivity contribution >= 4 is 46.4 Å². The van der Waals surface area contributed by atoms with E-state index < -0.39 is 11.8 Å². The van der Waals surface area contributed by atoms with Crippen LogP contribution in [0.25, 0.3) is 0 Å². The van der Waals surface area contributed by atoms with Crippen molar-refractivity contribution in [2.75, 3.05) is 10.6 Å². The number of carbonyl (C=O) groups is 4. The normalized spacial score (nSPS) is 11.5. The summed E-state index contributed by atoms with van der Waals surface area (Å²) in [7, 11) is 0. The lowest BCUT2D eigenvalue weighted by Crippen LogP contribution is -2.20. The van der Waals surface area contributed by atoms with Crippen molar-refractivity contribution < 1.29 is 32.4 Å². The van der Waals surface area contributed by atoms with Crippen LogP contribution in [0.4, 0.5) is 11.4 Å². The molecule has 45 heavy (non-hydrogen) atoms. The summed E-state index contributed by atoms with van der Waals surface area (Å²) in [5, 5.41) is 13.6. The van der Waals surface area contributed by atoms with Crippen molar-refractivity contribution in [3.8, 4) is 0 Å². The molecule has 0 spiro atoms. The number of anilines is 2. The molecule has 3 heterocycles. The van der Waals surface area contributed by atoms with Crippen LogP contribution < -0.4 is 21.5 Å². The molecule has 4 amide bonds. The first kappa shape index (κ1) is 30.0. The molecule has 0 unspecified atom stereocenters. The van der Waals surface area contributed by atoms with E-state index in [9.17, 15) is 19.2 Å². The Kier molecular flexibility index (Phi) is 9.09. The molecule has 0 saturated carbocycles. The van der Waals surface area contributed by atoms with Crippen molar-refractivity contribution in [2.24, 2.45) is 10.2 Å². The summed E-state index contributed by atoms with van der Waals surface area (Å²) >= 11 is 0. The van der Waals surface area contributed by atoms with Gasteiger partial charge in [-0.1, -0.05) is 24.3 Å². The molecule has 3 aromatic heterocycles. The summed E-state index contributed by atoms with van der Waals surface area (Å²) in [5.74, 6) is -1.93. The van der Waals surface area contributed by atoms with Crippen molar-refractivity contribution in [3.63, 3.8) is 0 Å². The third-order valence-corrected chi connectivity index (χ3v) is 6.31. The number of nitrogens with one attached hydrogen (secondary N) is 4. The molecule has 0 fully saturated rings. The van der Waals surface area contributed by atoms with Gasteiger partial charge in [0.25, 0.3) is 11.8 Å². The monoisotopic (exact) mass is 606 g/mol.